The fourth-order valence-electron chi connectivity index (χ4n) is 6.85. The third-order valence-electron chi connectivity index (χ3n) is 9.51. The van der Waals surface area contributed by atoms with Crippen LogP contribution in [0, 0.1) is 11.6 Å². The predicted octanol–water partition coefficient (Wildman–Crippen LogP) is 5.34. The van der Waals surface area contributed by atoms with Gasteiger partial charge in [0.2, 0.25) is 5.91 Å². The normalized spacial score (nSPS) is 15.0. The Kier molecular flexibility index (Phi) is 9.29. The Balaban J connectivity index is 1.18. The molecule has 1 saturated heterocycles. The summed E-state index contributed by atoms with van der Waals surface area (Å²) < 4.78 is 37.5. The van der Waals surface area contributed by atoms with Gasteiger partial charge in [0.25, 0.3) is 5.91 Å². The lowest BCUT2D eigenvalue weighted by Gasteiger charge is -2.35. The highest BCUT2D eigenvalue weighted by atomic mass is 19.1. The van der Waals surface area contributed by atoms with Crippen molar-refractivity contribution in [3.63, 3.8) is 0 Å². The zero-order chi connectivity index (χ0) is 34.8. The summed E-state index contributed by atoms with van der Waals surface area (Å²) in [6.45, 7) is 5.06. The zero-order valence-electron chi connectivity index (χ0n) is 28.0. The summed E-state index contributed by atoms with van der Waals surface area (Å²) in [4.78, 5) is 44.2. The fraction of sp³-hybridized carbons (Fsp3) is 0.324. The van der Waals surface area contributed by atoms with Crippen molar-refractivity contribution >= 4 is 34.1 Å². The Morgan fingerprint density at radius 2 is 1.82 bits per heavy atom. The highest BCUT2D eigenvalue weighted by Crippen LogP contribution is 2.38. The van der Waals surface area contributed by atoms with E-state index in [0.717, 1.165) is 28.5 Å². The number of anilines is 1. The summed E-state index contributed by atoms with van der Waals surface area (Å²) in [6, 6.07) is 8.61. The zero-order valence-corrected chi connectivity index (χ0v) is 28.0. The van der Waals surface area contributed by atoms with Crippen LogP contribution in [-0.4, -0.2) is 92.7 Å². The Hall–Kier alpha value is -5.59. The Morgan fingerprint density at radius 1 is 0.980 bits per heavy atom. The van der Waals surface area contributed by atoms with E-state index in [1.165, 1.54) is 13.2 Å². The standard InChI is InChI=1S/C37H38F2N8O3/c1-3-24-21-40-10-7-27(24)29-19-28(25-6-4-11-46(23-25)33(48)8-13-47-12-5-9-42-47)34(39)35-30(29)20-31(43-35)37(49)45-16-14-44(15-17-45)36-32(50-2)18-26(38)22-41-36/h5-7,9-10,12,18-22,43H,3-4,8,11,13-17,23H2,1-2H3. The number of methoxy groups -OCH3 is 1. The van der Waals surface area contributed by atoms with E-state index < -0.39 is 11.6 Å². The van der Waals surface area contributed by atoms with Crippen molar-refractivity contribution in [1.82, 2.24) is 34.5 Å². The molecule has 6 heterocycles. The molecule has 1 fully saturated rings. The van der Waals surface area contributed by atoms with E-state index in [2.05, 4.69) is 20.1 Å². The van der Waals surface area contributed by atoms with E-state index in [1.54, 1.807) is 32.9 Å². The van der Waals surface area contributed by atoms with Crippen LogP contribution in [-0.2, 0) is 17.8 Å². The van der Waals surface area contributed by atoms with E-state index >= 15 is 4.39 Å². The molecule has 7 rings (SSSR count). The number of amides is 2. The maximum absolute atomic E-state index is 16.7. The van der Waals surface area contributed by atoms with Gasteiger partial charge in [-0.3, -0.25) is 19.3 Å². The molecule has 11 nitrogen and oxygen atoms in total. The maximum Gasteiger partial charge on any atom is 0.270 e. The second kappa shape index (κ2) is 14.1. The van der Waals surface area contributed by atoms with Crippen molar-refractivity contribution in [1.29, 1.82) is 0 Å². The number of aryl methyl sites for hydroxylation is 2. The molecule has 0 unspecified atom stereocenters. The second-order valence-corrected chi connectivity index (χ2v) is 12.5. The highest BCUT2D eigenvalue weighted by molar-refractivity contribution is 6.05. The SMILES string of the molecule is CCc1cnccc1-c1cc(C2=CCCN(C(=O)CCn3cccn3)C2)c(F)c2[nH]c(C(=O)N3CCN(c4ncc(F)cc4OC)CC3)cc12. The van der Waals surface area contributed by atoms with Gasteiger partial charge >= 0.3 is 0 Å². The molecule has 1 aromatic carbocycles. The molecule has 0 radical (unpaired) electrons. The van der Waals surface area contributed by atoms with Crippen molar-refractivity contribution < 1.29 is 23.1 Å². The number of ether oxygens (including phenoxy) is 1. The summed E-state index contributed by atoms with van der Waals surface area (Å²) in [5.74, 6) is -0.370. The number of hydrogen-bond acceptors (Lipinski definition) is 7. The number of nitrogens with one attached hydrogen (secondary N) is 1. The van der Waals surface area contributed by atoms with Crippen molar-refractivity contribution in [2.24, 2.45) is 0 Å². The first kappa shape index (κ1) is 32.9. The van der Waals surface area contributed by atoms with Crippen molar-refractivity contribution in [3.8, 4) is 16.9 Å². The summed E-state index contributed by atoms with van der Waals surface area (Å²) in [6.07, 6.45) is 11.8. The van der Waals surface area contributed by atoms with Gasteiger partial charge in [0.15, 0.2) is 17.4 Å². The number of rotatable bonds is 9. The smallest absolute Gasteiger partial charge is 0.270 e. The quantitative estimate of drug-likeness (QED) is 0.224. The van der Waals surface area contributed by atoms with Crippen LogP contribution in [0.25, 0.3) is 27.6 Å². The average Bonchev–Trinajstić information content (AvgIpc) is 3.85. The number of H-pyrrole nitrogens is 1. The average molecular weight is 681 g/mol. The number of aromatic nitrogens is 5. The van der Waals surface area contributed by atoms with Crippen LogP contribution in [0.4, 0.5) is 14.6 Å². The van der Waals surface area contributed by atoms with Crippen molar-refractivity contribution in [2.75, 3.05) is 51.3 Å². The van der Waals surface area contributed by atoms with Crippen LogP contribution in [0.2, 0.25) is 0 Å². The van der Waals surface area contributed by atoms with Gasteiger partial charge in [0, 0.05) is 94.0 Å². The molecule has 0 aliphatic carbocycles. The molecule has 0 saturated carbocycles. The van der Waals surface area contributed by atoms with E-state index in [4.69, 9.17) is 4.74 Å². The summed E-state index contributed by atoms with van der Waals surface area (Å²) in [5, 5.41) is 4.78. The van der Waals surface area contributed by atoms with Gasteiger partial charge < -0.3 is 24.4 Å². The van der Waals surface area contributed by atoms with E-state index in [1.807, 2.05) is 48.5 Å². The molecular formula is C37H38F2N8O3. The molecule has 0 atom stereocenters. The third kappa shape index (κ3) is 6.42. The van der Waals surface area contributed by atoms with Crippen molar-refractivity contribution in [3.05, 3.63) is 95.8 Å². The number of aromatic amines is 1. The monoisotopic (exact) mass is 680 g/mol. The number of fused-ring (bicyclic) bond motifs is 1. The number of pyridine rings is 2. The largest absolute Gasteiger partial charge is 0.493 e. The molecule has 1 N–H and O–H groups in total. The number of nitrogens with zero attached hydrogens (tertiary/aromatic N) is 7. The van der Waals surface area contributed by atoms with Crippen LogP contribution in [0.5, 0.6) is 5.75 Å². The number of piperazine rings is 1. The Morgan fingerprint density at radius 3 is 2.58 bits per heavy atom. The molecule has 258 valence electrons. The minimum atomic E-state index is -0.488. The predicted molar refractivity (Wildman–Crippen MR) is 186 cm³/mol. The topological polar surface area (TPSA) is 112 Å². The molecule has 5 aromatic rings. The van der Waals surface area contributed by atoms with Crippen LogP contribution in [0.15, 0.2) is 67.4 Å². The van der Waals surface area contributed by atoms with Gasteiger partial charge in [-0.1, -0.05) is 13.0 Å². The van der Waals surface area contributed by atoms with Crippen LogP contribution in [0.1, 0.15) is 41.4 Å². The lowest BCUT2D eigenvalue weighted by atomic mass is 9.91. The van der Waals surface area contributed by atoms with Gasteiger partial charge in [-0.05, 0) is 59.4 Å². The molecule has 0 spiro atoms. The lowest BCUT2D eigenvalue weighted by Crippen LogP contribution is -2.49. The molecule has 2 amide bonds. The minimum absolute atomic E-state index is 0.0169. The maximum atomic E-state index is 16.7. The third-order valence-corrected chi connectivity index (χ3v) is 9.51. The van der Waals surface area contributed by atoms with Gasteiger partial charge in [0.1, 0.15) is 11.5 Å². The Labute approximate surface area is 288 Å². The number of carbonyl (C=O) groups excluding carboxylic acids is 2. The molecule has 2 aliphatic heterocycles. The Bertz CT molecular complexity index is 2070. The molecular weight excluding hydrogens is 642 g/mol. The highest BCUT2D eigenvalue weighted by Gasteiger charge is 2.29. The van der Waals surface area contributed by atoms with Crippen LogP contribution < -0.4 is 9.64 Å². The van der Waals surface area contributed by atoms with Gasteiger partial charge in [0.05, 0.1) is 18.8 Å². The van der Waals surface area contributed by atoms with Crippen LogP contribution in [0.3, 0.4) is 0 Å². The number of benzene rings is 1. The fourth-order valence-corrected chi connectivity index (χ4v) is 6.85. The number of halogens is 2. The van der Waals surface area contributed by atoms with Crippen LogP contribution >= 0.6 is 0 Å². The first-order valence-electron chi connectivity index (χ1n) is 16.8. The first-order valence-corrected chi connectivity index (χ1v) is 16.8. The van der Waals surface area contributed by atoms with E-state index in [0.29, 0.717) is 81.0 Å². The molecule has 13 heteroatoms. The van der Waals surface area contributed by atoms with Gasteiger partial charge in [-0.25, -0.2) is 13.8 Å². The van der Waals surface area contributed by atoms with Gasteiger partial charge in [-0.15, -0.1) is 0 Å². The van der Waals surface area contributed by atoms with E-state index in [9.17, 15) is 14.0 Å². The molecule has 2 aliphatic rings. The minimum Gasteiger partial charge on any atom is -0.493 e. The number of carbonyl (C=O) groups is 2. The van der Waals surface area contributed by atoms with Crippen molar-refractivity contribution in [2.45, 2.75) is 32.7 Å². The lowest BCUT2D eigenvalue weighted by molar-refractivity contribution is -0.131. The summed E-state index contributed by atoms with van der Waals surface area (Å²) in [5.41, 5.74) is 4.32. The molecule has 4 aromatic heterocycles. The summed E-state index contributed by atoms with van der Waals surface area (Å²) in [7, 11) is 1.47. The van der Waals surface area contributed by atoms with E-state index in [-0.39, 0.29) is 29.6 Å². The van der Waals surface area contributed by atoms with Gasteiger partial charge in [-0.2, -0.15) is 5.10 Å². The number of hydrogen-bond donors (Lipinski definition) is 1. The first-order chi connectivity index (χ1) is 24.3. The molecule has 0 bridgehead atoms. The second-order valence-electron chi connectivity index (χ2n) is 12.5. The summed E-state index contributed by atoms with van der Waals surface area (Å²) >= 11 is 0. The molecule has 50 heavy (non-hydrogen) atoms.